The first kappa shape index (κ1) is 12.4. The van der Waals surface area contributed by atoms with Gasteiger partial charge in [0.1, 0.15) is 0 Å². The standard InChI is InChI=1S/C14H15N5O/c1-8-12(9(2)18-17-8)7-15-14(20)10-3-4-13-11(5-10)6-16-19-13/h3-6H,7H2,1-2H3,(H,15,20)(H,16,19)(H,17,18). The van der Waals surface area contributed by atoms with Crippen LogP contribution in [0.2, 0.25) is 0 Å². The van der Waals surface area contributed by atoms with E-state index < -0.39 is 0 Å². The molecule has 3 aromatic rings. The molecular formula is C14H15N5O. The van der Waals surface area contributed by atoms with Gasteiger partial charge in [0.05, 0.1) is 17.4 Å². The maximum Gasteiger partial charge on any atom is 0.251 e. The molecule has 0 aliphatic rings. The van der Waals surface area contributed by atoms with E-state index in [0.717, 1.165) is 27.9 Å². The molecule has 0 aliphatic carbocycles. The number of aromatic amines is 2. The summed E-state index contributed by atoms with van der Waals surface area (Å²) in [5, 5.41) is 17.7. The number of aromatic nitrogens is 4. The number of carbonyl (C=O) groups is 1. The number of rotatable bonds is 3. The zero-order valence-electron chi connectivity index (χ0n) is 11.3. The fourth-order valence-corrected chi connectivity index (χ4v) is 2.19. The van der Waals surface area contributed by atoms with E-state index in [4.69, 9.17) is 0 Å². The average Bonchev–Trinajstić information content (AvgIpc) is 3.03. The summed E-state index contributed by atoms with van der Waals surface area (Å²) in [7, 11) is 0. The molecule has 6 heteroatoms. The van der Waals surface area contributed by atoms with Crippen molar-refractivity contribution in [1.29, 1.82) is 0 Å². The summed E-state index contributed by atoms with van der Waals surface area (Å²) in [5.74, 6) is -0.104. The van der Waals surface area contributed by atoms with Crippen molar-refractivity contribution in [2.75, 3.05) is 0 Å². The second-order valence-electron chi connectivity index (χ2n) is 4.77. The lowest BCUT2D eigenvalue weighted by Crippen LogP contribution is -2.23. The van der Waals surface area contributed by atoms with E-state index in [1.165, 1.54) is 0 Å². The van der Waals surface area contributed by atoms with Crippen molar-refractivity contribution < 1.29 is 4.79 Å². The lowest BCUT2D eigenvalue weighted by molar-refractivity contribution is 0.0951. The number of benzene rings is 1. The molecule has 0 saturated carbocycles. The fourth-order valence-electron chi connectivity index (χ4n) is 2.19. The average molecular weight is 269 g/mol. The monoisotopic (exact) mass is 269 g/mol. The van der Waals surface area contributed by atoms with Crippen molar-refractivity contribution in [1.82, 2.24) is 25.7 Å². The molecule has 6 nitrogen and oxygen atoms in total. The van der Waals surface area contributed by atoms with Crippen molar-refractivity contribution in [2.45, 2.75) is 20.4 Å². The lowest BCUT2D eigenvalue weighted by atomic mass is 10.1. The van der Waals surface area contributed by atoms with Crippen LogP contribution in [0.1, 0.15) is 27.3 Å². The SMILES string of the molecule is Cc1n[nH]c(C)c1CNC(=O)c1ccc2[nH]ncc2c1. The first-order valence-corrected chi connectivity index (χ1v) is 6.37. The fraction of sp³-hybridized carbons (Fsp3) is 0.214. The third-order valence-electron chi connectivity index (χ3n) is 3.41. The molecule has 0 atom stereocenters. The largest absolute Gasteiger partial charge is 0.348 e. The third kappa shape index (κ3) is 2.16. The van der Waals surface area contributed by atoms with Crippen LogP contribution in [0.15, 0.2) is 24.4 Å². The number of H-pyrrole nitrogens is 2. The summed E-state index contributed by atoms with van der Waals surface area (Å²) in [6, 6.07) is 5.46. The number of nitrogens with zero attached hydrogens (tertiary/aromatic N) is 2. The molecule has 0 spiro atoms. The number of aryl methyl sites for hydroxylation is 2. The summed E-state index contributed by atoms with van der Waals surface area (Å²) in [5.41, 5.74) is 4.46. The number of fused-ring (bicyclic) bond motifs is 1. The Balaban J connectivity index is 1.76. The lowest BCUT2D eigenvalue weighted by Gasteiger charge is -2.05. The number of nitrogens with one attached hydrogen (secondary N) is 3. The molecule has 102 valence electrons. The van der Waals surface area contributed by atoms with Gasteiger partial charge < -0.3 is 5.32 Å². The van der Waals surface area contributed by atoms with Crippen LogP contribution in [-0.2, 0) is 6.54 Å². The highest BCUT2D eigenvalue weighted by Gasteiger charge is 2.10. The van der Waals surface area contributed by atoms with Gasteiger partial charge in [-0.1, -0.05) is 0 Å². The number of hydrogen-bond donors (Lipinski definition) is 3. The van der Waals surface area contributed by atoms with Gasteiger partial charge in [-0.3, -0.25) is 15.0 Å². The molecule has 2 heterocycles. The van der Waals surface area contributed by atoms with E-state index in [1.807, 2.05) is 26.0 Å². The molecule has 2 aromatic heterocycles. The molecule has 0 unspecified atom stereocenters. The number of carbonyl (C=O) groups excluding carboxylic acids is 1. The van der Waals surface area contributed by atoms with E-state index in [-0.39, 0.29) is 5.91 Å². The zero-order chi connectivity index (χ0) is 14.1. The first-order valence-electron chi connectivity index (χ1n) is 6.37. The van der Waals surface area contributed by atoms with Gasteiger partial charge in [-0.15, -0.1) is 0 Å². The molecule has 0 bridgehead atoms. The van der Waals surface area contributed by atoms with Gasteiger partial charge in [-0.25, -0.2) is 0 Å². The van der Waals surface area contributed by atoms with E-state index in [1.54, 1.807) is 12.3 Å². The maximum absolute atomic E-state index is 12.2. The van der Waals surface area contributed by atoms with Gasteiger partial charge >= 0.3 is 0 Å². The molecule has 0 aliphatic heterocycles. The van der Waals surface area contributed by atoms with Crippen LogP contribution in [-0.4, -0.2) is 26.3 Å². The Kier molecular flexibility index (Phi) is 2.98. The van der Waals surface area contributed by atoms with Gasteiger partial charge in [0.2, 0.25) is 0 Å². The topological polar surface area (TPSA) is 86.5 Å². The molecule has 0 fully saturated rings. The molecule has 3 rings (SSSR count). The molecule has 1 amide bonds. The maximum atomic E-state index is 12.2. The zero-order valence-corrected chi connectivity index (χ0v) is 11.3. The Morgan fingerprint density at radius 2 is 2.15 bits per heavy atom. The van der Waals surface area contributed by atoms with Crippen LogP contribution in [0.25, 0.3) is 10.9 Å². The van der Waals surface area contributed by atoms with Crippen LogP contribution in [0, 0.1) is 13.8 Å². The minimum Gasteiger partial charge on any atom is -0.348 e. The normalized spacial score (nSPS) is 10.9. The summed E-state index contributed by atoms with van der Waals surface area (Å²) >= 11 is 0. The minimum atomic E-state index is -0.104. The predicted octanol–water partition coefficient (Wildman–Crippen LogP) is 1.83. The van der Waals surface area contributed by atoms with E-state index in [0.29, 0.717) is 12.1 Å². The highest BCUT2D eigenvalue weighted by Crippen LogP contribution is 2.13. The van der Waals surface area contributed by atoms with Gasteiger partial charge in [0.15, 0.2) is 0 Å². The van der Waals surface area contributed by atoms with Crippen LogP contribution < -0.4 is 5.32 Å². The Morgan fingerprint density at radius 3 is 2.90 bits per heavy atom. The van der Waals surface area contributed by atoms with Gasteiger partial charge in [-0.05, 0) is 32.0 Å². The van der Waals surface area contributed by atoms with Crippen molar-refractivity contribution >= 4 is 16.8 Å². The van der Waals surface area contributed by atoms with Crippen LogP contribution >= 0.6 is 0 Å². The van der Waals surface area contributed by atoms with E-state index >= 15 is 0 Å². The first-order chi connectivity index (χ1) is 9.65. The smallest absolute Gasteiger partial charge is 0.251 e. The highest BCUT2D eigenvalue weighted by atomic mass is 16.1. The molecular weight excluding hydrogens is 254 g/mol. The molecule has 0 radical (unpaired) electrons. The molecule has 20 heavy (non-hydrogen) atoms. The van der Waals surface area contributed by atoms with Gasteiger partial charge in [0.25, 0.3) is 5.91 Å². The summed E-state index contributed by atoms with van der Waals surface area (Å²) in [6.45, 7) is 4.33. The Labute approximate surface area is 115 Å². The van der Waals surface area contributed by atoms with Crippen molar-refractivity contribution in [3.63, 3.8) is 0 Å². The van der Waals surface area contributed by atoms with Crippen molar-refractivity contribution in [3.05, 3.63) is 46.9 Å². The second kappa shape index (κ2) is 4.80. The summed E-state index contributed by atoms with van der Waals surface area (Å²) < 4.78 is 0. The quantitative estimate of drug-likeness (QED) is 0.678. The van der Waals surface area contributed by atoms with E-state index in [9.17, 15) is 4.79 Å². The third-order valence-corrected chi connectivity index (χ3v) is 3.41. The molecule has 1 aromatic carbocycles. The molecule has 3 N–H and O–H groups in total. The summed E-state index contributed by atoms with van der Waals surface area (Å²) in [6.07, 6.45) is 1.70. The highest BCUT2D eigenvalue weighted by molar-refractivity contribution is 5.97. The van der Waals surface area contributed by atoms with Crippen LogP contribution in [0.3, 0.4) is 0 Å². The second-order valence-corrected chi connectivity index (χ2v) is 4.77. The van der Waals surface area contributed by atoms with Crippen LogP contribution in [0.4, 0.5) is 0 Å². The minimum absolute atomic E-state index is 0.104. The van der Waals surface area contributed by atoms with Crippen LogP contribution in [0.5, 0.6) is 0 Å². The number of amides is 1. The number of hydrogen-bond acceptors (Lipinski definition) is 3. The molecule has 0 saturated heterocycles. The van der Waals surface area contributed by atoms with Gasteiger partial charge in [0, 0.05) is 28.8 Å². The van der Waals surface area contributed by atoms with E-state index in [2.05, 4.69) is 25.7 Å². The Morgan fingerprint density at radius 1 is 1.30 bits per heavy atom. The predicted molar refractivity (Wildman–Crippen MR) is 75.3 cm³/mol. The summed E-state index contributed by atoms with van der Waals surface area (Å²) in [4.78, 5) is 12.2. The Bertz CT molecular complexity index is 751. The van der Waals surface area contributed by atoms with Crippen molar-refractivity contribution in [2.24, 2.45) is 0 Å². The van der Waals surface area contributed by atoms with Gasteiger partial charge in [-0.2, -0.15) is 10.2 Å². The Hall–Kier alpha value is -2.63. The van der Waals surface area contributed by atoms with Crippen molar-refractivity contribution in [3.8, 4) is 0 Å².